The molecule has 0 N–H and O–H groups in total. The van der Waals surface area contributed by atoms with Crippen molar-refractivity contribution in [3.05, 3.63) is 59.7 Å². The van der Waals surface area contributed by atoms with Crippen LogP contribution >= 0.6 is 0 Å². The van der Waals surface area contributed by atoms with Gasteiger partial charge in [0, 0.05) is 0 Å². The maximum Gasteiger partial charge on any atom is 0.215 e. The first-order valence-corrected chi connectivity index (χ1v) is 7.64. The molecule has 0 atom stereocenters. The predicted molar refractivity (Wildman–Crippen MR) is 93.1 cm³/mol. The van der Waals surface area contributed by atoms with Crippen LogP contribution in [0.5, 0.6) is 5.75 Å². The number of carbonyl (C=O) groups excluding carboxylic acids is 1. The van der Waals surface area contributed by atoms with Gasteiger partial charge in [0.15, 0.2) is 0 Å². The summed E-state index contributed by atoms with van der Waals surface area (Å²) in [5, 5.41) is 0. The molecular formula is C19H22N2O2. The van der Waals surface area contributed by atoms with Crippen LogP contribution in [0.15, 0.2) is 53.5 Å². The van der Waals surface area contributed by atoms with Crippen molar-refractivity contribution >= 4 is 18.4 Å². The smallest absolute Gasteiger partial charge is 0.215 e. The molecule has 120 valence electrons. The monoisotopic (exact) mass is 310 g/mol. The van der Waals surface area contributed by atoms with E-state index in [-0.39, 0.29) is 6.10 Å². The lowest BCUT2D eigenvalue weighted by Crippen LogP contribution is -2.19. The highest BCUT2D eigenvalue weighted by atomic mass is 16.5. The fraction of sp³-hybridized carbons (Fsp3) is 0.263. The van der Waals surface area contributed by atoms with Gasteiger partial charge < -0.3 is 9.64 Å². The van der Waals surface area contributed by atoms with Gasteiger partial charge in [-0.15, -0.1) is 0 Å². The molecule has 0 spiro atoms. The number of amides is 1. The summed E-state index contributed by atoms with van der Waals surface area (Å²) in [6, 6.07) is 15.6. The Kier molecular flexibility index (Phi) is 5.92. The number of aryl methyl sites for hydroxylation is 1. The van der Waals surface area contributed by atoms with Crippen molar-refractivity contribution < 1.29 is 9.53 Å². The summed E-state index contributed by atoms with van der Waals surface area (Å²) >= 11 is 0. The van der Waals surface area contributed by atoms with E-state index in [1.54, 1.807) is 6.34 Å². The van der Waals surface area contributed by atoms with Crippen LogP contribution in [0.1, 0.15) is 25.0 Å². The summed E-state index contributed by atoms with van der Waals surface area (Å²) in [6.07, 6.45) is 2.47. The summed E-state index contributed by atoms with van der Waals surface area (Å²) in [7, 11) is 0. The van der Waals surface area contributed by atoms with Crippen molar-refractivity contribution in [1.82, 2.24) is 4.90 Å². The lowest BCUT2D eigenvalue weighted by atomic mass is 10.1. The highest BCUT2D eigenvalue weighted by Gasteiger charge is 2.01. The molecule has 2 rings (SSSR count). The van der Waals surface area contributed by atoms with Crippen molar-refractivity contribution in [2.75, 3.05) is 0 Å². The average Bonchev–Trinajstić information content (AvgIpc) is 2.54. The summed E-state index contributed by atoms with van der Waals surface area (Å²) in [5.41, 5.74) is 3.04. The molecule has 23 heavy (non-hydrogen) atoms. The molecule has 0 aliphatic carbocycles. The van der Waals surface area contributed by atoms with Gasteiger partial charge in [-0.25, -0.2) is 4.99 Å². The lowest BCUT2D eigenvalue weighted by Gasteiger charge is -2.12. The number of ether oxygens (including phenoxy) is 1. The fourth-order valence-corrected chi connectivity index (χ4v) is 2.03. The lowest BCUT2D eigenvalue weighted by molar-refractivity contribution is -0.115. The molecular weight excluding hydrogens is 288 g/mol. The number of carbonyl (C=O) groups is 1. The van der Waals surface area contributed by atoms with Crippen molar-refractivity contribution in [2.45, 2.75) is 33.4 Å². The van der Waals surface area contributed by atoms with E-state index in [0.717, 1.165) is 23.4 Å². The van der Waals surface area contributed by atoms with E-state index in [2.05, 4.69) is 4.99 Å². The van der Waals surface area contributed by atoms with E-state index >= 15 is 0 Å². The largest absolute Gasteiger partial charge is 0.491 e. The first kappa shape index (κ1) is 16.7. The van der Waals surface area contributed by atoms with Gasteiger partial charge in [0.05, 0.1) is 24.7 Å². The molecule has 0 bridgehead atoms. The van der Waals surface area contributed by atoms with E-state index in [0.29, 0.717) is 6.54 Å². The Morgan fingerprint density at radius 1 is 1.09 bits per heavy atom. The zero-order valence-corrected chi connectivity index (χ0v) is 13.8. The van der Waals surface area contributed by atoms with Gasteiger partial charge in [-0.2, -0.15) is 0 Å². The number of nitrogens with zero attached hydrogens (tertiary/aromatic N) is 2. The van der Waals surface area contributed by atoms with Crippen LogP contribution in [0, 0.1) is 6.92 Å². The molecule has 0 saturated carbocycles. The number of rotatable bonds is 7. The molecule has 0 unspecified atom stereocenters. The summed E-state index contributed by atoms with van der Waals surface area (Å²) in [6.45, 7) is 6.51. The Bertz CT molecular complexity index is 646. The van der Waals surface area contributed by atoms with Crippen LogP contribution < -0.4 is 4.74 Å². The molecule has 1 amide bonds. The van der Waals surface area contributed by atoms with Gasteiger partial charge >= 0.3 is 0 Å². The molecule has 4 heteroatoms. The Balaban J connectivity index is 1.98. The number of hydrogen-bond donors (Lipinski definition) is 0. The second-order valence-corrected chi connectivity index (χ2v) is 5.67. The number of aliphatic imine (C=N–C) groups is 1. The molecule has 0 fully saturated rings. The molecule has 0 radical (unpaired) electrons. The van der Waals surface area contributed by atoms with Crippen LogP contribution in [-0.2, 0) is 11.3 Å². The highest BCUT2D eigenvalue weighted by Crippen LogP contribution is 2.18. The molecule has 2 aromatic rings. The van der Waals surface area contributed by atoms with Crippen LogP contribution in [0.4, 0.5) is 5.69 Å². The van der Waals surface area contributed by atoms with Crippen molar-refractivity contribution in [1.29, 1.82) is 0 Å². The van der Waals surface area contributed by atoms with E-state index < -0.39 is 0 Å². The minimum Gasteiger partial charge on any atom is -0.491 e. The minimum atomic E-state index is 0.143. The minimum absolute atomic E-state index is 0.143. The molecule has 0 aliphatic rings. The maximum atomic E-state index is 11.2. The van der Waals surface area contributed by atoms with Gasteiger partial charge in [-0.3, -0.25) is 4.79 Å². The Hall–Kier alpha value is -2.62. The fourth-order valence-electron chi connectivity index (χ4n) is 2.03. The van der Waals surface area contributed by atoms with Crippen LogP contribution in [0.3, 0.4) is 0 Å². The Labute approximate surface area is 137 Å². The Morgan fingerprint density at radius 3 is 2.30 bits per heavy atom. The zero-order chi connectivity index (χ0) is 16.7. The maximum absolute atomic E-state index is 11.2. The molecule has 4 nitrogen and oxygen atoms in total. The third kappa shape index (κ3) is 5.58. The van der Waals surface area contributed by atoms with Gasteiger partial charge in [-0.05, 0) is 50.6 Å². The predicted octanol–water partition coefficient (Wildman–Crippen LogP) is 4.10. The van der Waals surface area contributed by atoms with E-state index in [1.165, 1.54) is 10.5 Å². The average molecular weight is 310 g/mol. The SMILES string of the molecule is Cc1ccc(CN(C=O)/C=N/c2ccc(OC(C)C)cc2)cc1. The summed E-state index contributed by atoms with van der Waals surface area (Å²) < 4.78 is 5.59. The third-order valence-corrected chi connectivity index (χ3v) is 3.18. The second kappa shape index (κ2) is 8.13. The summed E-state index contributed by atoms with van der Waals surface area (Å²) in [5.74, 6) is 0.811. The van der Waals surface area contributed by atoms with E-state index in [9.17, 15) is 4.79 Å². The third-order valence-electron chi connectivity index (χ3n) is 3.18. The van der Waals surface area contributed by atoms with E-state index in [4.69, 9.17) is 4.74 Å². The van der Waals surface area contributed by atoms with Crippen LogP contribution in [0.25, 0.3) is 0 Å². The zero-order valence-electron chi connectivity index (χ0n) is 13.8. The van der Waals surface area contributed by atoms with Gasteiger partial charge in [0.2, 0.25) is 6.41 Å². The van der Waals surface area contributed by atoms with Crippen LogP contribution in [0.2, 0.25) is 0 Å². The number of benzene rings is 2. The topological polar surface area (TPSA) is 41.9 Å². The molecule has 0 aromatic heterocycles. The molecule has 0 aliphatic heterocycles. The molecule has 0 heterocycles. The first-order valence-electron chi connectivity index (χ1n) is 7.64. The standard InChI is InChI=1S/C19H22N2O2/c1-15(2)23-19-10-8-18(9-11-19)20-13-21(14-22)12-17-6-4-16(3)5-7-17/h4-11,13-15H,12H2,1-3H3/b20-13+. The number of hydrogen-bond acceptors (Lipinski definition) is 3. The second-order valence-electron chi connectivity index (χ2n) is 5.67. The normalized spacial score (nSPS) is 11.0. The van der Waals surface area contributed by atoms with Crippen molar-refractivity contribution in [3.63, 3.8) is 0 Å². The van der Waals surface area contributed by atoms with Crippen LogP contribution in [-0.4, -0.2) is 23.8 Å². The van der Waals surface area contributed by atoms with Gasteiger partial charge in [-0.1, -0.05) is 29.8 Å². The first-order chi connectivity index (χ1) is 11.1. The quantitative estimate of drug-likeness (QED) is 0.439. The molecule has 2 aromatic carbocycles. The van der Waals surface area contributed by atoms with Crippen molar-refractivity contribution in [3.8, 4) is 5.75 Å². The Morgan fingerprint density at radius 2 is 1.74 bits per heavy atom. The molecule has 0 saturated heterocycles. The van der Waals surface area contributed by atoms with Crippen molar-refractivity contribution in [2.24, 2.45) is 4.99 Å². The summed E-state index contributed by atoms with van der Waals surface area (Å²) in [4.78, 5) is 17.0. The van der Waals surface area contributed by atoms with Gasteiger partial charge in [0.1, 0.15) is 5.75 Å². The van der Waals surface area contributed by atoms with E-state index in [1.807, 2.05) is 69.3 Å². The highest BCUT2D eigenvalue weighted by molar-refractivity contribution is 5.74. The van der Waals surface area contributed by atoms with Gasteiger partial charge in [0.25, 0.3) is 0 Å².